The van der Waals surface area contributed by atoms with Crippen LogP contribution in [0.25, 0.3) is 10.8 Å². The molecule has 1 atom stereocenters. The van der Waals surface area contributed by atoms with Gasteiger partial charge in [-0.25, -0.2) is 5.48 Å². The number of hydroxylamine groups is 1. The summed E-state index contributed by atoms with van der Waals surface area (Å²) in [4.78, 5) is 23.4. The maximum absolute atomic E-state index is 12.1. The Morgan fingerprint density at radius 3 is 2.14 bits per heavy atom. The first-order valence-corrected chi connectivity index (χ1v) is 7.39. The van der Waals surface area contributed by atoms with Crippen molar-refractivity contribution in [3.63, 3.8) is 0 Å². The van der Waals surface area contributed by atoms with Gasteiger partial charge in [-0.05, 0) is 41.5 Å². The smallest absolute Gasteiger partial charge is 0.274 e. The number of fused-ring (bicyclic) bond motifs is 1. The van der Waals surface area contributed by atoms with Crippen molar-refractivity contribution >= 4 is 34.2 Å². The van der Waals surface area contributed by atoms with Crippen LogP contribution in [0.3, 0.4) is 0 Å². The molecule has 116 valence electrons. The minimum Gasteiger partial charge on any atom is -0.351 e. The molecule has 2 aromatic rings. The number of carbonyl (C=O) groups excluding carboxylic acids is 2. The third-order valence-electron chi connectivity index (χ3n) is 3.39. The van der Waals surface area contributed by atoms with Crippen LogP contribution in [0.5, 0.6) is 0 Å². The van der Waals surface area contributed by atoms with Crippen molar-refractivity contribution in [1.29, 1.82) is 0 Å². The molecule has 3 N–H and O–H groups in total. The second-order valence-corrected chi connectivity index (χ2v) is 5.55. The van der Waals surface area contributed by atoms with E-state index in [4.69, 9.17) is 16.8 Å². The summed E-state index contributed by atoms with van der Waals surface area (Å²) < 4.78 is 0. The highest BCUT2D eigenvalue weighted by Gasteiger charge is 2.10. The number of nitrogens with one attached hydrogen (secondary N) is 2. The van der Waals surface area contributed by atoms with Crippen LogP contribution < -0.4 is 10.8 Å². The van der Waals surface area contributed by atoms with E-state index in [2.05, 4.69) is 5.32 Å². The Morgan fingerprint density at radius 2 is 1.64 bits per heavy atom. The zero-order chi connectivity index (χ0) is 16.1. The van der Waals surface area contributed by atoms with Gasteiger partial charge in [-0.2, -0.15) is 0 Å². The molecule has 22 heavy (non-hydrogen) atoms. The highest BCUT2D eigenvalue weighted by molar-refractivity contribution is 6.20. The van der Waals surface area contributed by atoms with Gasteiger partial charge in [0, 0.05) is 17.7 Å². The normalized spacial score (nSPS) is 12.0. The number of carbonyl (C=O) groups is 2. The van der Waals surface area contributed by atoms with Gasteiger partial charge in [0.1, 0.15) is 0 Å². The molecule has 0 aliphatic carbocycles. The van der Waals surface area contributed by atoms with Crippen LogP contribution in [0.1, 0.15) is 34.1 Å². The lowest BCUT2D eigenvalue weighted by Gasteiger charge is -2.09. The molecule has 0 saturated heterocycles. The summed E-state index contributed by atoms with van der Waals surface area (Å²) in [5.41, 5.74) is 2.47. The van der Waals surface area contributed by atoms with E-state index >= 15 is 0 Å². The Morgan fingerprint density at radius 1 is 1.09 bits per heavy atom. The Kier molecular flexibility index (Phi) is 5.35. The molecule has 6 heteroatoms. The summed E-state index contributed by atoms with van der Waals surface area (Å²) in [6.07, 6.45) is 0.787. The van der Waals surface area contributed by atoms with Crippen LogP contribution in [0.4, 0.5) is 0 Å². The van der Waals surface area contributed by atoms with Crippen LogP contribution in [0, 0.1) is 0 Å². The Hall–Kier alpha value is -2.11. The quantitative estimate of drug-likeness (QED) is 0.450. The maximum atomic E-state index is 12.1. The van der Waals surface area contributed by atoms with Crippen LogP contribution >= 0.6 is 11.6 Å². The molecule has 0 radical (unpaired) electrons. The maximum Gasteiger partial charge on any atom is 0.274 e. The third kappa shape index (κ3) is 3.75. The number of benzene rings is 2. The van der Waals surface area contributed by atoms with Crippen molar-refractivity contribution in [3.8, 4) is 0 Å². The zero-order valence-corrected chi connectivity index (χ0v) is 12.9. The number of rotatable bonds is 5. The van der Waals surface area contributed by atoms with Crippen LogP contribution in [-0.2, 0) is 0 Å². The number of amides is 2. The fourth-order valence-corrected chi connectivity index (χ4v) is 2.12. The molecule has 1 unspecified atom stereocenters. The van der Waals surface area contributed by atoms with Crippen molar-refractivity contribution in [1.82, 2.24) is 10.8 Å². The first-order chi connectivity index (χ1) is 10.5. The predicted octanol–water partition coefficient (Wildman–Crippen LogP) is 2.71. The summed E-state index contributed by atoms with van der Waals surface area (Å²) in [7, 11) is 0. The summed E-state index contributed by atoms with van der Waals surface area (Å²) in [5, 5.41) is 13.0. The molecule has 0 bridgehead atoms. The number of halogens is 1. The zero-order valence-electron chi connectivity index (χ0n) is 12.1. The van der Waals surface area contributed by atoms with Crippen molar-refractivity contribution in [2.24, 2.45) is 0 Å². The van der Waals surface area contributed by atoms with Gasteiger partial charge in [-0.1, -0.05) is 19.1 Å². The summed E-state index contributed by atoms with van der Waals surface area (Å²) in [6, 6.07) is 10.2. The van der Waals surface area contributed by atoms with E-state index in [-0.39, 0.29) is 11.3 Å². The number of alkyl halides is 1. The molecule has 0 aromatic heterocycles. The minimum atomic E-state index is -0.573. The standard InChI is InChI=1S/C16H17ClN2O3/c1-2-14(17)9-18-15(20)12-5-3-11-8-13(16(21)19-22)6-4-10(11)7-12/h3-8,14,22H,2,9H2,1H3,(H,18,20)(H,19,21). The van der Waals surface area contributed by atoms with Gasteiger partial charge in [0.25, 0.3) is 11.8 Å². The van der Waals surface area contributed by atoms with Crippen LogP contribution in [-0.4, -0.2) is 28.9 Å². The van der Waals surface area contributed by atoms with E-state index in [1.807, 2.05) is 6.92 Å². The van der Waals surface area contributed by atoms with E-state index in [0.717, 1.165) is 17.2 Å². The SMILES string of the molecule is CCC(Cl)CNC(=O)c1ccc2cc(C(=O)NO)ccc2c1. The van der Waals surface area contributed by atoms with Crippen molar-refractivity contribution < 1.29 is 14.8 Å². The summed E-state index contributed by atoms with van der Waals surface area (Å²) in [5.74, 6) is -0.755. The topological polar surface area (TPSA) is 78.4 Å². The fourth-order valence-electron chi connectivity index (χ4n) is 2.04. The Labute approximate surface area is 133 Å². The fraction of sp³-hybridized carbons (Fsp3) is 0.250. The first kappa shape index (κ1) is 16.3. The molecule has 0 spiro atoms. The minimum absolute atomic E-state index is 0.0797. The number of hydrogen-bond acceptors (Lipinski definition) is 3. The molecule has 2 aromatic carbocycles. The van der Waals surface area contributed by atoms with E-state index in [1.54, 1.807) is 41.9 Å². The largest absolute Gasteiger partial charge is 0.351 e. The molecule has 2 amide bonds. The van der Waals surface area contributed by atoms with Gasteiger partial charge < -0.3 is 5.32 Å². The third-order valence-corrected chi connectivity index (χ3v) is 3.86. The molecule has 2 rings (SSSR count). The number of hydrogen-bond donors (Lipinski definition) is 3. The lowest BCUT2D eigenvalue weighted by molar-refractivity contribution is 0.0706. The molecular weight excluding hydrogens is 304 g/mol. The summed E-state index contributed by atoms with van der Waals surface area (Å²) >= 11 is 5.98. The summed E-state index contributed by atoms with van der Waals surface area (Å²) in [6.45, 7) is 2.38. The first-order valence-electron chi connectivity index (χ1n) is 6.95. The molecular formula is C16H17ClN2O3. The molecule has 0 heterocycles. The van der Waals surface area contributed by atoms with Crippen molar-refractivity contribution in [2.75, 3.05) is 6.54 Å². The van der Waals surface area contributed by atoms with Crippen LogP contribution in [0.2, 0.25) is 0 Å². The van der Waals surface area contributed by atoms with Gasteiger partial charge in [0.15, 0.2) is 0 Å². The Bertz CT molecular complexity index is 703. The molecule has 0 fully saturated rings. The van der Waals surface area contributed by atoms with E-state index in [1.165, 1.54) is 0 Å². The molecule has 5 nitrogen and oxygen atoms in total. The van der Waals surface area contributed by atoms with Crippen LogP contribution in [0.15, 0.2) is 36.4 Å². The van der Waals surface area contributed by atoms with Gasteiger partial charge in [-0.3, -0.25) is 14.8 Å². The van der Waals surface area contributed by atoms with E-state index in [0.29, 0.717) is 17.7 Å². The van der Waals surface area contributed by atoms with Gasteiger partial charge >= 0.3 is 0 Å². The second-order valence-electron chi connectivity index (χ2n) is 4.93. The molecule has 0 aliphatic heterocycles. The van der Waals surface area contributed by atoms with E-state index < -0.39 is 5.91 Å². The van der Waals surface area contributed by atoms with Gasteiger partial charge in [0.2, 0.25) is 0 Å². The van der Waals surface area contributed by atoms with Gasteiger partial charge in [0.05, 0.1) is 5.38 Å². The monoisotopic (exact) mass is 320 g/mol. The van der Waals surface area contributed by atoms with E-state index in [9.17, 15) is 9.59 Å². The lowest BCUT2D eigenvalue weighted by Crippen LogP contribution is -2.29. The van der Waals surface area contributed by atoms with Crippen molar-refractivity contribution in [3.05, 3.63) is 47.5 Å². The molecule has 0 saturated carbocycles. The predicted molar refractivity (Wildman–Crippen MR) is 85.5 cm³/mol. The van der Waals surface area contributed by atoms with Crippen molar-refractivity contribution in [2.45, 2.75) is 18.7 Å². The second kappa shape index (κ2) is 7.24. The average molecular weight is 321 g/mol. The van der Waals surface area contributed by atoms with Gasteiger partial charge in [-0.15, -0.1) is 11.6 Å². The highest BCUT2D eigenvalue weighted by atomic mass is 35.5. The highest BCUT2D eigenvalue weighted by Crippen LogP contribution is 2.18. The molecule has 0 aliphatic rings. The Balaban J connectivity index is 2.20. The average Bonchev–Trinajstić information content (AvgIpc) is 2.57. The lowest BCUT2D eigenvalue weighted by atomic mass is 10.0.